The number of carbonyl (C=O) groups is 1. The summed E-state index contributed by atoms with van der Waals surface area (Å²) in [6, 6.07) is 11.0. The first-order chi connectivity index (χ1) is 18.4. The lowest BCUT2D eigenvalue weighted by atomic mass is 9.96. The molecule has 7 nitrogen and oxygen atoms in total. The Balaban J connectivity index is 1.55. The van der Waals surface area contributed by atoms with Gasteiger partial charge in [-0.05, 0) is 69.2 Å². The number of aromatic nitrogens is 2. The van der Waals surface area contributed by atoms with E-state index in [9.17, 15) is 23.1 Å². The molecule has 4 rings (SSSR count). The number of likely N-dealkylation sites (tertiary alicyclic amines) is 1. The lowest BCUT2D eigenvalue weighted by molar-refractivity contribution is -0.138. The number of aliphatic hydroxyl groups excluding tert-OH is 1. The third-order valence-corrected chi connectivity index (χ3v) is 6.61. The standard InChI is InChI=1S/C29H34F3N3O4/c1-5-6-18-7-9-19(10-8-18)11-12-20-13-14-21(17-22(20)29(30,31)32)25-33-26(39-34-25)24-23(36)15-16-35(24)27(37)38-28(2,3)4/h7-10,13-14,17,23-24,36H,5-6,11-12,15-16H2,1-4H3/t23-,24-/m0/s1. The molecule has 210 valence electrons. The highest BCUT2D eigenvalue weighted by atomic mass is 19.4. The van der Waals surface area contributed by atoms with Crippen molar-refractivity contribution in [3.63, 3.8) is 0 Å². The van der Waals surface area contributed by atoms with Crippen LogP contribution in [0.4, 0.5) is 18.0 Å². The van der Waals surface area contributed by atoms with E-state index >= 15 is 0 Å². The fourth-order valence-corrected chi connectivity index (χ4v) is 4.71. The number of ether oxygens (including phenoxy) is 1. The van der Waals surface area contributed by atoms with Crippen molar-refractivity contribution >= 4 is 6.09 Å². The molecular weight excluding hydrogens is 511 g/mol. The number of aliphatic hydroxyl groups is 1. The highest BCUT2D eigenvalue weighted by Gasteiger charge is 2.43. The zero-order valence-electron chi connectivity index (χ0n) is 22.6. The number of hydrogen-bond acceptors (Lipinski definition) is 6. The molecule has 0 radical (unpaired) electrons. The van der Waals surface area contributed by atoms with Crippen LogP contribution in [0.25, 0.3) is 11.4 Å². The minimum absolute atomic E-state index is 0.0585. The summed E-state index contributed by atoms with van der Waals surface area (Å²) in [4.78, 5) is 18.2. The summed E-state index contributed by atoms with van der Waals surface area (Å²) in [5.41, 5.74) is 0.977. The summed E-state index contributed by atoms with van der Waals surface area (Å²) in [6.07, 6.45) is -3.22. The molecule has 1 fully saturated rings. The van der Waals surface area contributed by atoms with Crippen molar-refractivity contribution < 1.29 is 32.3 Å². The third kappa shape index (κ3) is 6.98. The molecule has 2 heterocycles. The van der Waals surface area contributed by atoms with Crippen LogP contribution >= 0.6 is 0 Å². The molecule has 0 saturated carbocycles. The van der Waals surface area contributed by atoms with E-state index in [1.54, 1.807) is 20.8 Å². The van der Waals surface area contributed by atoms with E-state index in [0.717, 1.165) is 24.5 Å². The van der Waals surface area contributed by atoms with Crippen molar-refractivity contribution in [2.24, 2.45) is 0 Å². The van der Waals surface area contributed by atoms with Crippen LogP contribution in [0.1, 0.15) is 74.7 Å². The molecule has 0 spiro atoms. The number of rotatable bonds is 7. The van der Waals surface area contributed by atoms with E-state index in [0.29, 0.717) is 6.42 Å². The Morgan fingerprint density at radius 2 is 1.74 bits per heavy atom. The van der Waals surface area contributed by atoms with Gasteiger partial charge in [-0.3, -0.25) is 4.90 Å². The predicted molar refractivity (Wildman–Crippen MR) is 139 cm³/mol. The normalized spacial score (nSPS) is 18.0. The summed E-state index contributed by atoms with van der Waals surface area (Å²) in [5, 5.41) is 14.4. The van der Waals surface area contributed by atoms with Crippen molar-refractivity contribution in [3.05, 3.63) is 70.6 Å². The summed E-state index contributed by atoms with van der Waals surface area (Å²) in [5.74, 6) is -0.123. The monoisotopic (exact) mass is 545 g/mol. The van der Waals surface area contributed by atoms with E-state index in [1.165, 1.54) is 22.6 Å². The van der Waals surface area contributed by atoms with Gasteiger partial charge in [-0.2, -0.15) is 18.2 Å². The summed E-state index contributed by atoms with van der Waals surface area (Å²) in [7, 11) is 0. The van der Waals surface area contributed by atoms with Crippen molar-refractivity contribution in [1.29, 1.82) is 0 Å². The van der Waals surface area contributed by atoms with Gasteiger partial charge in [0.05, 0.1) is 11.7 Å². The highest BCUT2D eigenvalue weighted by molar-refractivity contribution is 5.69. The van der Waals surface area contributed by atoms with E-state index in [1.807, 2.05) is 24.3 Å². The quantitative estimate of drug-likeness (QED) is 0.363. The fraction of sp³-hybridized carbons (Fsp3) is 0.483. The van der Waals surface area contributed by atoms with Gasteiger partial charge >= 0.3 is 12.3 Å². The molecule has 39 heavy (non-hydrogen) atoms. The molecule has 1 saturated heterocycles. The molecule has 0 bridgehead atoms. The molecular formula is C29H34F3N3O4. The Kier molecular flexibility index (Phi) is 8.34. The van der Waals surface area contributed by atoms with Crippen LogP contribution in [0.5, 0.6) is 0 Å². The first-order valence-corrected chi connectivity index (χ1v) is 13.2. The van der Waals surface area contributed by atoms with Crippen LogP contribution in [-0.2, 0) is 30.2 Å². The Bertz CT molecular complexity index is 1280. The predicted octanol–water partition coefficient (Wildman–Crippen LogP) is 6.54. The molecule has 1 aliphatic heterocycles. The Morgan fingerprint density at radius 3 is 2.36 bits per heavy atom. The molecule has 2 aromatic carbocycles. The molecule has 0 unspecified atom stereocenters. The fourth-order valence-electron chi connectivity index (χ4n) is 4.71. The molecule has 3 aromatic rings. The number of benzene rings is 2. The second-order valence-corrected chi connectivity index (χ2v) is 10.9. The van der Waals surface area contributed by atoms with Crippen LogP contribution in [-0.4, -0.2) is 44.5 Å². The summed E-state index contributed by atoms with van der Waals surface area (Å²) >= 11 is 0. The van der Waals surface area contributed by atoms with E-state index in [4.69, 9.17) is 9.26 Å². The summed E-state index contributed by atoms with van der Waals surface area (Å²) in [6.45, 7) is 7.49. The molecule has 10 heteroatoms. The smallest absolute Gasteiger partial charge is 0.416 e. The Morgan fingerprint density at radius 1 is 1.08 bits per heavy atom. The number of carbonyl (C=O) groups excluding carboxylic acids is 1. The van der Waals surface area contributed by atoms with Crippen molar-refractivity contribution in [1.82, 2.24) is 15.0 Å². The number of halogens is 3. The van der Waals surface area contributed by atoms with Gasteiger partial charge in [-0.15, -0.1) is 0 Å². The maximum atomic E-state index is 14.0. The number of aryl methyl sites for hydroxylation is 3. The van der Waals surface area contributed by atoms with Crippen LogP contribution in [0.2, 0.25) is 0 Å². The van der Waals surface area contributed by atoms with E-state index in [2.05, 4.69) is 17.1 Å². The highest BCUT2D eigenvalue weighted by Crippen LogP contribution is 2.37. The van der Waals surface area contributed by atoms with Gasteiger partial charge in [-0.1, -0.05) is 54.9 Å². The van der Waals surface area contributed by atoms with Crippen LogP contribution < -0.4 is 0 Å². The molecule has 2 atom stereocenters. The molecule has 1 amide bonds. The van der Waals surface area contributed by atoms with Gasteiger partial charge in [-0.25, -0.2) is 4.79 Å². The lowest BCUT2D eigenvalue weighted by Gasteiger charge is -2.27. The average Bonchev–Trinajstić information content (AvgIpc) is 3.49. The Hall–Kier alpha value is -3.40. The minimum Gasteiger partial charge on any atom is -0.444 e. The van der Waals surface area contributed by atoms with Crippen molar-refractivity contribution in [2.75, 3.05) is 6.54 Å². The Labute approximate surface area is 226 Å². The zero-order valence-corrected chi connectivity index (χ0v) is 22.6. The van der Waals surface area contributed by atoms with Crippen molar-refractivity contribution in [2.45, 2.75) is 83.7 Å². The van der Waals surface area contributed by atoms with Crippen LogP contribution in [0.15, 0.2) is 47.0 Å². The SMILES string of the molecule is CCCc1ccc(CCc2ccc(-c3noc([C@@H]4[C@@H](O)CCN4C(=O)OC(C)(C)C)n3)cc2C(F)(F)F)cc1. The number of nitrogens with zero attached hydrogens (tertiary/aromatic N) is 3. The second-order valence-electron chi connectivity index (χ2n) is 10.9. The first kappa shape index (κ1) is 28.6. The number of amides is 1. The summed E-state index contributed by atoms with van der Waals surface area (Å²) < 4.78 is 52.8. The topological polar surface area (TPSA) is 88.7 Å². The molecule has 1 aromatic heterocycles. The minimum atomic E-state index is -4.57. The third-order valence-electron chi connectivity index (χ3n) is 6.61. The maximum absolute atomic E-state index is 14.0. The van der Waals surface area contributed by atoms with Crippen LogP contribution in [0, 0.1) is 0 Å². The largest absolute Gasteiger partial charge is 0.444 e. The molecule has 0 aliphatic carbocycles. The van der Waals surface area contributed by atoms with E-state index in [-0.39, 0.29) is 42.2 Å². The number of alkyl halides is 3. The van der Waals surface area contributed by atoms with E-state index < -0.39 is 35.6 Å². The van der Waals surface area contributed by atoms with Crippen LogP contribution in [0.3, 0.4) is 0 Å². The lowest BCUT2D eigenvalue weighted by Crippen LogP contribution is -2.38. The van der Waals surface area contributed by atoms with Gasteiger partial charge in [0.25, 0.3) is 5.89 Å². The number of hydrogen-bond donors (Lipinski definition) is 1. The second kappa shape index (κ2) is 11.4. The van der Waals surface area contributed by atoms with Gasteiger partial charge in [0, 0.05) is 12.1 Å². The molecule has 1 aliphatic rings. The van der Waals surface area contributed by atoms with Gasteiger partial charge in [0.1, 0.15) is 11.6 Å². The van der Waals surface area contributed by atoms with Gasteiger partial charge < -0.3 is 14.4 Å². The first-order valence-electron chi connectivity index (χ1n) is 13.2. The average molecular weight is 546 g/mol. The van der Waals surface area contributed by atoms with Gasteiger partial charge in [0.2, 0.25) is 5.82 Å². The maximum Gasteiger partial charge on any atom is 0.416 e. The van der Waals surface area contributed by atoms with Crippen molar-refractivity contribution in [3.8, 4) is 11.4 Å². The zero-order chi connectivity index (χ0) is 28.4. The van der Waals surface area contributed by atoms with Gasteiger partial charge in [0.15, 0.2) is 0 Å². The molecule has 1 N–H and O–H groups in total.